The van der Waals surface area contributed by atoms with Gasteiger partial charge in [-0.2, -0.15) is 0 Å². The maximum absolute atomic E-state index is 12.1. The zero-order chi connectivity index (χ0) is 21.1. The highest BCUT2D eigenvalue weighted by Gasteiger charge is 2.33. The van der Waals surface area contributed by atoms with Crippen molar-refractivity contribution in [2.24, 2.45) is 0 Å². The summed E-state index contributed by atoms with van der Waals surface area (Å²) in [6, 6.07) is 1.85. The molecule has 1 N–H and O–H groups in total. The Labute approximate surface area is 180 Å². The third-order valence-corrected chi connectivity index (χ3v) is 5.97. The second-order valence-corrected chi connectivity index (χ2v) is 9.77. The fraction of sp³-hybridized carbons (Fsp3) is 0.500. The highest BCUT2D eigenvalue weighted by atomic mass is 35.5. The molecule has 7 nitrogen and oxygen atoms in total. The van der Waals surface area contributed by atoms with Crippen LogP contribution in [0.1, 0.15) is 40.5 Å². The van der Waals surface area contributed by atoms with E-state index in [-0.39, 0.29) is 11.6 Å². The molecule has 3 heterocycles. The van der Waals surface area contributed by atoms with Crippen LogP contribution in [0.5, 0.6) is 0 Å². The third-order valence-electron chi connectivity index (χ3n) is 4.56. The number of ether oxygens (including phenoxy) is 1. The van der Waals surface area contributed by atoms with Gasteiger partial charge in [0.25, 0.3) is 0 Å². The summed E-state index contributed by atoms with van der Waals surface area (Å²) < 4.78 is 5.39. The number of nitrogens with zero attached hydrogens (tertiary/aromatic N) is 4. The van der Waals surface area contributed by atoms with E-state index in [1.54, 1.807) is 24.8 Å². The monoisotopic (exact) mass is 435 g/mol. The first-order valence-electron chi connectivity index (χ1n) is 9.49. The van der Waals surface area contributed by atoms with Crippen molar-refractivity contribution in [3.8, 4) is 0 Å². The fourth-order valence-corrected chi connectivity index (χ4v) is 3.94. The minimum atomic E-state index is -0.503. The van der Waals surface area contributed by atoms with E-state index in [4.69, 9.17) is 16.3 Å². The Kier molecular flexibility index (Phi) is 6.53. The van der Waals surface area contributed by atoms with E-state index < -0.39 is 5.60 Å². The second kappa shape index (κ2) is 8.75. The molecule has 0 spiro atoms. The molecule has 0 atom stereocenters. The topological polar surface area (TPSA) is 80.2 Å². The molecule has 156 valence electrons. The lowest BCUT2D eigenvalue weighted by Crippen LogP contribution is -2.54. The van der Waals surface area contributed by atoms with Gasteiger partial charge in [-0.05, 0) is 46.6 Å². The molecule has 0 bridgehead atoms. The summed E-state index contributed by atoms with van der Waals surface area (Å²) in [6.45, 7) is 9.20. The van der Waals surface area contributed by atoms with Crippen LogP contribution in [0.3, 0.4) is 0 Å². The van der Waals surface area contributed by atoms with Gasteiger partial charge >= 0.3 is 6.09 Å². The number of nitrogens with one attached hydrogen (secondary N) is 1. The summed E-state index contributed by atoms with van der Waals surface area (Å²) in [5.74, 6) is 0.828. The Morgan fingerprint density at radius 2 is 1.97 bits per heavy atom. The van der Waals surface area contributed by atoms with Crippen LogP contribution in [-0.2, 0) is 4.74 Å². The number of amides is 1. The second-order valence-electron chi connectivity index (χ2n) is 8.30. The molecule has 1 aliphatic rings. The molecule has 0 radical (unpaired) electrons. The van der Waals surface area contributed by atoms with Crippen LogP contribution in [0.25, 0.3) is 0 Å². The molecule has 1 amide bonds. The minimum Gasteiger partial charge on any atom is -0.444 e. The first-order chi connectivity index (χ1) is 13.6. The number of anilines is 1. The maximum Gasteiger partial charge on any atom is 0.408 e. The van der Waals surface area contributed by atoms with Crippen molar-refractivity contribution in [2.45, 2.75) is 61.6 Å². The van der Waals surface area contributed by atoms with E-state index in [1.807, 2.05) is 26.8 Å². The van der Waals surface area contributed by atoms with Gasteiger partial charge in [-0.3, -0.25) is 4.98 Å². The largest absolute Gasteiger partial charge is 0.444 e. The van der Waals surface area contributed by atoms with Crippen molar-refractivity contribution in [3.05, 3.63) is 35.9 Å². The van der Waals surface area contributed by atoms with E-state index in [9.17, 15) is 4.79 Å². The zero-order valence-corrected chi connectivity index (χ0v) is 18.7. The van der Waals surface area contributed by atoms with Crippen LogP contribution in [0.2, 0.25) is 5.02 Å². The maximum atomic E-state index is 12.1. The number of aromatic nitrogens is 3. The SMILES string of the molecule is CC1(NC(=O)OC(C)(C)C)CCN(c2cnc(Sc3ccncc3Cl)cn2)CC1. The van der Waals surface area contributed by atoms with Crippen molar-refractivity contribution < 1.29 is 9.53 Å². The summed E-state index contributed by atoms with van der Waals surface area (Å²) in [5, 5.41) is 4.39. The number of alkyl carbamates (subject to hydrolysis) is 1. The molecule has 3 rings (SSSR count). The number of carbonyl (C=O) groups is 1. The van der Waals surface area contributed by atoms with Gasteiger partial charge in [-0.1, -0.05) is 23.4 Å². The normalized spacial score (nSPS) is 16.4. The quantitative estimate of drug-likeness (QED) is 0.753. The molecular formula is C20H26ClN5O2S. The number of hydrogen-bond donors (Lipinski definition) is 1. The Bertz CT molecular complexity index is 849. The molecule has 29 heavy (non-hydrogen) atoms. The van der Waals surface area contributed by atoms with Gasteiger partial charge in [-0.25, -0.2) is 14.8 Å². The van der Waals surface area contributed by atoms with Gasteiger partial charge in [0.2, 0.25) is 0 Å². The highest BCUT2D eigenvalue weighted by Crippen LogP contribution is 2.32. The van der Waals surface area contributed by atoms with Crippen molar-refractivity contribution in [3.63, 3.8) is 0 Å². The first-order valence-corrected chi connectivity index (χ1v) is 10.7. The lowest BCUT2D eigenvalue weighted by molar-refractivity contribution is 0.0448. The van der Waals surface area contributed by atoms with E-state index in [1.165, 1.54) is 11.8 Å². The molecule has 0 aliphatic carbocycles. The van der Waals surface area contributed by atoms with Gasteiger partial charge < -0.3 is 15.0 Å². The highest BCUT2D eigenvalue weighted by molar-refractivity contribution is 7.99. The zero-order valence-electron chi connectivity index (χ0n) is 17.1. The van der Waals surface area contributed by atoms with Gasteiger partial charge in [-0.15, -0.1) is 0 Å². The molecule has 0 aromatic carbocycles. The van der Waals surface area contributed by atoms with Crippen LogP contribution in [-0.4, -0.2) is 45.3 Å². The molecule has 2 aromatic rings. The van der Waals surface area contributed by atoms with Crippen LogP contribution < -0.4 is 10.2 Å². The van der Waals surface area contributed by atoms with Gasteiger partial charge in [0.05, 0.1) is 17.4 Å². The minimum absolute atomic E-state index is 0.292. The molecule has 1 fully saturated rings. The summed E-state index contributed by atoms with van der Waals surface area (Å²) in [5.41, 5.74) is -0.795. The van der Waals surface area contributed by atoms with Gasteiger partial charge in [0.1, 0.15) is 16.4 Å². The Balaban J connectivity index is 1.55. The molecule has 0 unspecified atom stereocenters. The van der Waals surface area contributed by atoms with E-state index in [0.29, 0.717) is 5.02 Å². The Morgan fingerprint density at radius 1 is 1.24 bits per heavy atom. The lowest BCUT2D eigenvalue weighted by atomic mass is 9.90. The smallest absolute Gasteiger partial charge is 0.408 e. The van der Waals surface area contributed by atoms with Crippen molar-refractivity contribution in [1.82, 2.24) is 20.3 Å². The predicted molar refractivity (Wildman–Crippen MR) is 115 cm³/mol. The van der Waals surface area contributed by atoms with Crippen molar-refractivity contribution in [1.29, 1.82) is 0 Å². The number of pyridine rings is 1. The summed E-state index contributed by atoms with van der Waals surface area (Å²) in [7, 11) is 0. The lowest BCUT2D eigenvalue weighted by Gasteiger charge is -2.40. The molecular weight excluding hydrogens is 410 g/mol. The summed E-state index contributed by atoms with van der Waals surface area (Å²) >= 11 is 7.60. The number of halogens is 1. The molecule has 9 heteroatoms. The average Bonchev–Trinajstić information content (AvgIpc) is 2.63. The van der Waals surface area contributed by atoms with Crippen LogP contribution >= 0.6 is 23.4 Å². The van der Waals surface area contributed by atoms with Crippen molar-refractivity contribution in [2.75, 3.05) is 18.0 Å². The summed E-state index contributed by atoms with van der Waals surface area (Å²) in [6.07, 6.45) is 8.08. The predicted octanol–water partition coefficient (Wildman–Crippen LogP) is 4.56. The van der Waals surface area contributed by atoms with Gasteiger partial charge in [0.15, 0.2) is 0 Å². The third kappa shape index (κ3) is 6.21. The summed E-state index contributed by atoms with van der Waals surface area (Å²) in [4.78, 5) is 28.2. The van der Waals surface area contributed by atoms with Crippen molar-refractivity contribution >= 4 is 35.3 Å². The van der Waals surface area contributed by atoms with E-state index >= 15 is 0 Å². The first kappa shape index (κ1) is 21.6. The molecule has 1 aliphatic heterocycles. The fourth-order valence-electron chi connectivity index (χ4n) is 2.99. The number of rotatable bonds is 4. The van der Waals surface area contributed by atoms with E-state index in [0.717, 1.165) is 41.7 Å². The van der Waals surface area contributed by atoms with Crippen LogP contribution in [0.15, 0.2) is 40.8 Å². The molecule has 1 saturated heterocycles. The van der Waals surface area contributed by atoms with Gasteiger partial charge in [0, 0.05) is 35.9 Å². The van der Waals surface area contributed by atoms with Crippen LogP contribution in [0.4, 0.5) is 10.6 Å². The molecule has 0 saturated carbocycles. The number of hydrogen-bond acceptors (Lipinski definition) is 7. The Hall–Kier alpha value is -2.06. The van der Waals surface area contributed by atoms with Crippen LogP contribution in [0, 0.1) is 0 Å². The van der Waals surface area contributed by atoms with E-state index in [2.05, 4.69) is 32.1 Å². The Morgan fingerprint density at radius 3 is 2.55 bits per heavy atom. The number of carbonyl (C=O) groups excluding carboxylic acids is 1. The molecule has 2 aromatic heterocycles. The number of piperidine rings is 1. The standard InChI is InChI=1S/C20H26ClN5O2S/c1-19(2,3)28-18(27)25-20(4)6-9-26(10-7-20)16-12-24-17(13-23-16)29-15-5-8-22-11-14(15)21/h5,8,11-13H,6-7,9-10H2,1-4H3,(H,25,27). The average molecular weight is 436 g/mol.